The molecule has 1 aromatic rings. The molecule has 1 unspecified atom stereocenters. The van der Waals surface area contributed by atoms with Crippen LogP contribution < -0.4 is 5.73 Å². The van der Waals surface area contributed by atoms with Crippen molar-refractivity contribution in [3.8, 4) is 0 Å². The molecular formula is C10H12Cl2N2. The first-order valence-corrected chi connectivity index (χ1v) is 5.49. The summed E-state index contributed by atoms with van der Waals surface area (Å²) in [6.45, 7) is 0. The Morgan fingerprint density at radius 2 is 2.21 bits per heavy atom. The maximum absolute atomic E-state index is 6.02. The van der Waals surface area contributed by atoms with Crippen LogP contribution in [0, 0.1) is 5.92 Å². The Bertz CT molecular complexity index is 337. The van der Waals surface area contributed by atoms with Gasteiger partial charge in [-0.25, -0.2) is 4.98 Å². The summed E-state index contributed by atoms with van der Waals surface area (Å²) in [6, 6.07) is 1.78. The molecule has 0 aliphatic heterocycles. The number of rotatable bonds is 3. The third-order valence-electron chi connectivity index (χ3n) is 2.52. The lowest BCUT2D eigenvalue weighted by Crippen LogP contribution is -2.12. The molecule has 0 amide bonds. The number of nitrogens with zero attached hydrogens (tertiary/aromatic N) is 1. The lowest BCUT2D eigenvalue weighted by atomic mass is 10.0. The van der Waals surface area contributed by atoms with Gasteiger partial charge in [0.1, 0.15) is 5.15 Å². The van der Waals surface area contributed by atoms with Crippen molar-refractivity contribution in [2.75, 3.05) is 0 Å². The summed E-state index contributed by atoms with van der Waals surface area (Å²) in [5.74, 6) is 0.778. The Labute approximate surface area is 93.4 Å². The van der Waals surface area contributed by atoms with E-state index in [0.29, 0.717) is 10.2 Å². The number of halogens is 2. The van der Waals surface area contributed by atoms with Crippen LogP contribution >= 0.6 is 23.2 Å². The third kappa shape index (κ3) is 2.38. The number of pyridine rings is 1. The van der Waals surface area contributed by atoms with Gasteiger partial charge in [-0.15, -0.1) is 0 Å². The third-order valence-corrected chi connectivity index (χ3v) is 3.04. The summed E-state index contributed by atoms with van der Waals surface area (Å²) >= 11 is 11.8. The number of hydrogen-bond donors (Lipinski definition) is 1. The van der Waals surface area contributed by atoms with Crippen molar-refractivity contribution < 1.29 is 0 Å². The van der Waals surface area contributed by atoms with Crippen molar-refractivity contribution >= 4 is 23.2 Å². The average Bonchev–Trinajstić information content (AvgIpc) is 2.93. The highest BCUT2D eigenvalue weighted by Crippen LogP contribution is 2.38. The Morgan fingerprint density at radius 1 is 1.50 bits per heavy atom. The fourth-order valence-electron chi connectivity index (χ4n) is 1.54. The van der Waals surface area contributed by atoms with Crippen molar-refractivity contribution in [3.63, 3.8) is 0 Å². The van der Waals surface area contributed by atoms with Crippen molar-refractivity contribution in [2.45, 2.75) is 25.3 Å². The zero-order chi connectivity index (χ0) is 10.1. The van der Waals surface area contributed by atoms with Crippen molar-refractivity contribution in [1.82, 2.24) is 4.98 Å². The van der Waals surface area contributed by atoms with Gasteiger partial charge in [0.15, 0.2) is 0 Å². The first-order valence-electron chi connectivity index (χ1n) is 4.73. The monoisotopic (exact) mass is 230 g/mol. The summed E-state index contributed by atoms with van der Waals surface area (Å²) in [6.07, 6.45) is 5.11. The fourth-order valence-corrected chi connectivity index (χ4v) is 1.95. The summed E-state index contributed by atoms with van der Waals surface area (Å²) in [7, 11) is 0. The van der Waals surface area contributed by atoms with Gasteiger partial charge in [0.2, 0.25) is 0 Å². The van der Waals surface area contributed by atoms with Crippen LogP contribution in [0.5, 0.6) is 0 Å². The molecule has 76 valence electrons. The van der Waals surface area contributed by atoms with Crippen LogP contribution in [0.15, 0.2) is 12.3 Å². The van der Waals surface area contributed by atoms with E-state index in [4.69, 9.17) is 28.9 Å². The van der Waals surface area contributed by atoms with E-state index in [9.17, 15) is 0 Å². The Balaban J connectivity index is 2.15. The quantitative estimate of drug-likeness (QED) is 0.811. The van der Waals surface area contributed by atoms with Gasteiger partial charge in [0.25, 0.3) is 0 Å². The molecule has 2 rings (SSSR count). The molecule has 14 heavy (non-hydrogen) atoms. The molecule has 0 saturated heterocycles. The van der Waals surface area contributed by atoms with Crippen LogP contribution in [0.3, 0.4) is 0 Å². The van der Waals surface area contributed by atoms with Gasteiger partial charge in [-0.05, 0) is 18.4 Å². The van der Waals surface area contributed by atoms with E-state index in [2.05, 4.69) is 4.98 Å². The number of aromatic nitrogens is 1. The highest BCUT2D eigenvalue weighted by molar-refractivity contribution is 6.32. The van der Waals surface area contributed by atoms with Gasteiger partial charge >= 0.3 is 0 Å². The predicted octanol–water partition coefficient (Wildman–Crippen LogP) is 3.19. The number of hydrogen-bond acceptors (Lipinski definition) is 2. The van der Waals surface area contributed by atoms with E-state index in [1.165, 1.54) is 19.0 Å². The van der Waals surface area contributed by atoms with Gasteiger partial charge in [0.05, 0.1) is 5.02 Å². The summed E-state index contributed by atoms with van der Waals surface area (Å²) < 4.78 is 0. The van der Waals surface area contributed by atoms with E-state index in [-0.39, 0.29) is 6.04 Å². The predicted molar refractivity (Wildman–Crippen MR) is 58.5 cm³/mol. The first-order chi connectivity index (χ1) is 6.66. The second kappa shape index (κ2) is 4.05. The molecule has 0 radical (unpaired) electrons. The van der Waals surface area contributed by atoms with Gasteiger partial charge in [-0.3, -0.25) is 0 Å². The molecule has 0 spiro atoms. The largest absolute Gasteiger partial charge is 0.324 e. The Morgan fingerprint density at radius 3 is 2.86 bits per heavy atom. The molecule has 0 aromatic carbocycles. The Hall–Kier alpha value is -0.310. The minimum Gasteiger partial charge on any atom is -0.324 e. The lowest BCUT2D eigenvalue weighted by Gasteiger charge is -2.12. The summed E-state index contributed by atoms with van der Waals surface area (Å²) in [5, 5.41) is 1.07. The summed E-state index contributed by atoms with van der Waals surface area (Å²) in [5.41, 5.74) is 6.89. The first kappa shape index (κ1) is 10.2. The van der Waals surface area contributed by atoms with E-state index in [1.807, 2.05) is 6.07 Å². The topological polar surface area (TPSA) is 38.9 Å². The van der Waals surface area contributed by atoms with Crippen LogP contribution in [0.25, 0.3) is 0 Å². The molecule has 2 nitrogen and oxygen atoms in total. The van der Waals surface area contributed by atoms with Crippen molar-refractivity contribution in [1.29, 1.82) is 0 Å². The standard InChI is InChI=1S/C10H12Cl2N2/c11-7-4-8(10(12)14-5-7)9(13)3-6-1-2-6/h4-6,9H,1-3,13H2. The number of nitrogens with two attached hydrogens (primary N) is 1. The molecule has 1 atom stereocenters. The van der Waals surface area contributed by atoms with E-state index >= 15 is 0 Å². The highest BCUT2D eigenvalue weighted by atomic mass is 35.5. The SMILES string of the molecule is NC(CC1CC1)c1cc(Cl)cnc1Cl. The molecule has 1 saturated carbocycles. The normalized spacial score (nSPS) is 18.2. The van der Waals surface area contributed by atoms with Gasteiger partial charge in [-0.1, -0.05) is 36.0 Å². The van der Waals surface area contributed by atoms with Gasteiger partial charge in [-0.2, -0.15) is 0 Å². The summed E-state index contributed by atoms with van der Waals surface area (Å²) in [4.78, 5) is 3.98. The molecule has 0 bridgehead atoms. The highest BCUT2D eigenvalue weighted by Gasteiger charge is 2.25. The molecule has 1 aliphatic carbocycles. The zero-order valence-electron chi connectivity index (χ0n) is 7.71. The van der Waals surface area contributed by atoms with E-state index < -0.39 is 0 Å². The van der Waals surface area contributed by atoms with E-state index in [1.54, 1.807) is 0 Å². The maximum atomic E-state index is 6.02. The van der Waals surface area contributed by atoms with E-state index in [0.717, 1.165) is 17.9 Å². The molecule has 1 heterocycles. The van der Waals surface area contributed by atoms with Crippen LogP contribution in [0.4, 0.5) is 0 Å². The van der Waals surface area contributed by atoms with Gasteiger partial charge in [0, 0.05) is 17.8 Å². The maximum Gasteiger partial charge on any atom is 0.133 e. The van der Waals surface area contributed by atoms with Crippen LogP contribution in [0.2, 0.25) is 10.2 Å². The average molecular weight is 231 g/mol. The molecule has 1 fully saturated rings. The second-order valence-corrected chi connectivity index (χ2v) is 4.61. The van der Waals surface area contributed by atoms with Crippen LogP contribution in [-0.4, -0.2) is 4.98 Å². The smallest absolute Gasteiger partial charge is 0.133 e. The molecule has 1 aromatic heterocycles. The minimum atomic E-state index is -0.0267. The van der Waals surface area contributed by atoms with Crippen molar-refractivity contribution in [2.24, 2.45) is 11.7 Å². The molecule has 1 aliphatic rings. The molecule has 4 heteroatoms. The Kier molecular flexibility index (Phi) is 2.96. The van der Waals surface area contributed by atoms with Gasteiger partial charge < -0.3 is 5.73 Å². The van der Waals surface area contributed by atoms with Crippen molar-refractivity contribution in [3.05, 3.63) is 28.0 Å². The zero-order valence-corrected chi connectivity index (χ0v) is 9.22. The second-order valence-electron chi connectivity index (χ2n) is 3.82. The van der Waals surface area contributed by atoms with Crippen LogP contribution in [0.1, 0.15) is 30.9 Å². The molecular weight excluding hydrogens is 219 g/mol. The lowest BCUT2D eigenvalue weighted by molar-refractivity contribution is 0.595. The van der Waals surface area contributed by atoms with Crippen LogP contribution in [-0.2, 0) is 0 Å². The minimum absolute atomic E-state index is 0.0267. The molecule has 2 N–H and O–H groups in total. The fraction of sp³-hybridized carbons (Fsp3) is 0.500.